The fourth-order valence-corrected chi connectivity index (χ4v) is 2.71. The molecule has 0 saturated heterocycles. The Kier molecular flexibility index (Phi) is 4.93. The van der Waals surface area contributed by atoms with Gasteiger partial charge in [-0.15, -0.1) is 11.3 Å². The lowest BCUT2D eigenvalue weighted by Crippen LogP contribution is -2.12. The molecule has 1 amide bonds. The number of benzene rings is 1. The molecule has 0 fully saturated rings. The van der Waals surface area contributed by atoms with E-state index in [1.54, 1.807) is 23.6 Å². The van der Waals surface area contributed by atoms with Crippen LogP contribution in [0.2, 0.25) is 5.02 Å². The van der Waals surface area contributed by atoms with Gasteiger partial charge in [0.05, 0.1) is 10.0 Å². The number of thiazole rings is 1. The van der Waals surface area contributed by atoms with Crippen molar-refractivity contribution in [2.24, 2.45) is 5.73 Å². The van der Waals surface area contributed by atoms with Gasteiger partial charge < -0.3 is 11.1 Å². The SMILES string of the molecule is NCCc1nc(C(=O)Nc2ccc(Cl)c(Br)c2)cs1. The molecule has 4 nitrogen and oxygen atoms in total. The maximum atomic E-state index is 12.0. The average Bonchev–Trinajstić information content (AvgIpc) is 2.83. The second-order valence-electron chi connectivity index (χ2n) is 3.75. The summed E-state index contributed by atoms with van der Waals surface area (Å²) < 4.78 is 0.731. The molecule has 0 atom stereocenters. The van der Waals surface area contributed by atoms with Crippen molar-refractivity contribution in [3.8, 4) is 0 Å². The van der Waals surface area contributed by atoms with Gasteiger partial charge in [0.25, 0.3) is 5.91 Å². The summed E-state index contributed by atoms with van der Waals surface area (Å²) in [4.78, 5) is 16.2. The Labute approximate surface area is 128 Å². The Bertz CT molecular complexity index is 602. The molecule has 19 heavy (non-hydrogen) atoms. The topological polar surface area (TPSA) is 68.0 Å². The van der Waals surface area contributed by atoms with Crippen LogP contribution < -0.4 is 11.1 Å². The summed E-state index contributed by atoms with van der Waals surface area (Å²) in [6.07, 6.45) is 0.685. The molecule has 0 saturated carbocycles. The highest BCUT2D eigenvalue weighted by Crippen LogP contribution is 2.25. The standard InChI is InChI=1S/C12H11BrClN3OS/c13-8-5-7(1-2-9(8)14)16-12(18)10-6-19-11(17-10)3-4-15/h1-2,5-6H,3-4,15H2,(H,16,18). The molecule has 100 valence electrons. The molecule has 0 bridgehead atoms. The first-order valence-corrected chi connectivity index (χ1v) is 7.56. The Morgan fingerprint density at radius 3 is 3.00 bits per heavy atom. The van der Waals surface area contributed by atoms with Crippen molar-refractivity contribution in [1.29, 1.82) is 0 Å². The molecule has 1 aromatic carbocycles. The Morgan fingerprint density at radius 2 is 2.32 bits per heavy atom. The highest BCUT2D eigenvalue weighted by Gasteiger charge is 2.11. The Hall–Kier alpha value is -0.950. The smallest absolute Gasteiger partial charge is 0.275 e. The van der Waals surface area contributed by atoms with E-state index in [1.807, 2.05) is 0 Å². The molecule has 3 N–H and O–H groups in total. The van der Waals surface area contributed by atoms with Crippen LogP contribution in [0.25, 0.3) is 0 Å². The summed E-state index contributed by atoms with van der Waals surface area (Å²) in [5, 5.41) is 5.95. The molecular formula is C12H11BrClN3OS. The van der Waals surface area contributed by atoms with Crippen molar-refractivity contribution in [2.75, 3.05) is 11.9 Å². The van der Waals surface area contributed by atoms with Gasteiger partial charge in [0, 0.05) is 22.0 Å². The molecule has 1 heterocycles. The van der Waals surface area contributed by atoms with Crippen LogP contribution in [0.1, 0.15) is 15.5 Å². The van der Waals surface area contributed by atoms with Gasteiger partial charge in [0.15, 0.2) is 0 Å². The molecule has 0 unspecified atom stereocenters. The van der Waals surface area contributed by atoms with Gasteiger partial charge in [-0.3, -0.25) is 4.79 Å². The van der Waals surface area contributed by atoms with Gasteiger partial charge in [-0.05, 0) is 40.7 Å². The zero-order chi connectivity index (χ0) is 13.8. The lowest BCUT2D eigenvalue weighted by atomic mass is 10.3. The van der Waals surface area contributed by atoms with Crippen LogP contribution in [0.3, 0.4) is 0 Å². The highest BCUT2D eigenvalue weighted by molar-refractivity contribution is 9.10. The third kappa shape index (κ3) is 3.76. The quantitative estimate of drug-likeness (QED) is 0.879. The molecule has 0 spiro atoms. The number of nitrogens with zero attached hydrogens (tertiary/aromatic N) is 1. The fraction of sp³-hybridized carbons (Fsp3) is 0.167. The third-order valence-corrected chi connectivity index (χ3v) is 4.44. The maximum Gasteiger partial charge on any atom is 0.275 e. The number of carbonyl (C=O) groups is 1. The van der Waals surface area contributed by atoms with Gasteiger partial charge >= 0.3 is 0 Å². The van der Waals surface area contributed by atoms with E-state index in [9.17, 15) is 4.79 Å². The number of hydrogen-bond donors (Lipinski definition) is 2. The number of carbonyl (C=O) groups excluding carboxylic acids is 1. The number of rotatable bonds is 4. The first kappa shape index (κ1) is 14.5. The first-order valence-electron chi connectivity index (χ1n) is 5.51. The molecular weight excluding hydrogens is 350 g/mol. The minimum Gasteiger partial charge on any atom is -0.330 e. The highest BCUT2D eigenvalue weighted by atomic mass is 79.9. The fourth-order valence-electron chi connectivity index (χ4n) is 1.42. The van der Waals surface area contributed by atoms with E-state index < -0.39 is 0 Å². The Morgan fingerprint density at radius 1 is 1.53 bits per heavy atom. The molecule has 0 aliphatic heterocycles. The summed E-state index contributed by atoms with van der Waals surface area (Å²) in [6, 6.07) is 5.19. The zero-order valence-corrected chi connectivity index (χ0v) is 13.0. The van der Waals surface area contributed by atoms with E-state index in [4.69, 9.17) is 17.3 Å². The van der Waals surface area contributed by atoms with Gasteiger partial charge in [0.2, 0.25) is 0 Å². The number of nitrogens with one attached hydrogen (secondary N) is 1. The van der Waals surface area contributed by atoms with Crippen molar-refractivity contribution in [2.45, 2.75) is 6.42 Å². The number of amides is 1. The van der Waals surface area contributed by atoms with Crippen LogP contribution in [0, 0.1) is 0 Å². The minimum atomic E-state index is -0.242. The predicted octanol–water partition coefficient (Wildman–Crippen LogP) is 3.31. The van der Waals surface area contributed by atoms with Crippen molar-refractivity contribution < 1.29 is 4.79 Å². The summed E-state index contributed by atoms with van der Waals surface area (Å²) in [7, 11) is 0. The number of aromatic nitrogens is 1. The van der Waals surface area contributed by atoms with Crippen LogP contribution in [0.4, 0.5) is 5.69 Å². The van der Waals surface area contributed by atoms with E-state index in [2.05, 4.69) is 26.2 Å². The predicted molar refractivity (Wildman–Crippen MR) is 82.0 cm³/mol. The van der Waals surface area contributed by atoms with Crippen LogP contribution in [-0.4, -0.2) is 17.4 Å². The molecule has 7 heteroatoms. The molecule has 2 aromatic rings. The van der Waals surface area contributed by atoms with E-state index in [1.165, 1.54) is 11.3 Å². The monoisotopic (exact) mass is 359 g/mol. The maximum absolute atomic E-state index is 12.0. The van der Waals surface area contributed by atoms with Crippen molar-refractivity contribution in [3.05, 3.63) is 43.8 Å². The van der Waals surface area contributed by atoms with Gasteiger partial charge in [-0.2, -0.15) is 0 Å². The molecule has 2 rings (SSSR count). The average molecular weight is 361 g/mol. The zero-order valence-electron chi connectivity index (χ0n) is 9.82. The number of anilines is 1. The Balaban J connectivity index is 2.09. The van der Waals surface area contributed by atoms with Crippen molar-refractivity contribution >= 4 is 50.5 Å². The van der Waals surface area contributed by atoms with Crippen LogP contribution >= 0.6 is 38.9 Å². The summed E-state index contributed by atoms with van der Waals surface area (Å²) in [6.45, 7) is 0.526. The molecule has 0 aliphatic carbocycles. The van der Waals surface area contributed by atoms with Gasteiger partial charge in [-0.1, -0.05) is 11.6 Å². The lowest BCUT2D eigenvalue weighted by Gasteiger charge is -2.04. The molecule has 0 radical (unpaired) electrons. The van der Waals surface area contributed by atoms with E-state index >= 15 is 0 Å². The van der Waals surface area contributed by atoms with E-state index in [0.717, 1.165) is 9.48 Å². The summed E-state index contributed by atoms with van der Waals surface area (Å²) >= 11 is 10.6. The number of nitrogens with two attached hydrogens (primary N) is 1. The second kappa shape index (κ2) is 6.47. The molecule has 0 aliphatic rings. The molecule has 1 aromatic heterocycles. The lowest BCUT2D eigenvalue weighted by molar-refractivity contribution is 0.102. The van der Waals surface area contributed by atoms with Gasteiger partial charge in [-0.25, -0.2) is 4.98 Å². The van der Waals surface area contributed by atoms with Crippen molar-refractivity contribution in [3.63, 3.8) is 0 Å². The number of halogens is 2. The summed E-state index contributed by atoms with van der Waals surface area (Å²) in [5.74, 6) is -0.242. The summed E-state index contributed by atoms with van der Waals surface area (Å²) in [5.41, 5.74) is 6.51. The third-order valence-electron chi connectivity index (χ3n) is 2.32. The number of hydrogen-bond acceptors (Lipinski definition) is 4. The largest absolute Gasteiger partial charge is 0.330 e. The van der Waals surface area contributed by atoms with Crippen molar-refractivity contribution in [1.82, 2.24) is 4.98 Å². The van der Waals surface area contributed by atoms with E-state index in [0.29, 0.717) is 29.4 Å². The van der Waals surface area contributed by atoms with E-state index in [-0.39, 0.29) is 5.91 Å². The van der Waals surface area contributed by atoms with Crippen LogP contribution in [-0.2, 0) is 6.42 Å². The van der Waals surface area contributed by atoms with Crippen LogP contribution in [0.15, 0.2) is 28.1 Å². The van der Waals surface area contributed by atoms with Crippen LogP contribution in [0.5, 0.6) is 0 Å². The second-order valence-corrected chi connectivity index (χ2v) is 5.95. The minimum absolute atomic E-state index is 0.242. The van der Waals surface area contributed by atoms with Gasteiger partial charge in [0.1, 0.15) is 5.69 Å². The normalized spacial score (nSPS) is 10.5. The first-order chi connectivity index (χ1) is 9.10.